The second-order valence-corrected chi connectivity index (χ2v) is 1.08. The predicted molar refractivity (Wildman–Crippen MR) is 25.5 cm³/mol. The zero-order valence-corrected chi connectivity index (χ0v) is 4.01. The lowest BCUT2D eigenvalue weighted by atomic mass is 10.4. The molecule has 0 saturated heterocycles. The number of hydrogen-bond acceptors (Lipinski definition) is 2. The Kier molecular flexibility index (Phi) is 2.99. The van der Waals surface area contributed by atoms with Gasteiger partial charge in [-0.2, -0.15) is 0 Å². The van der Waals surface area contributed by atoms with Gasteiger partial charge in [-0.15, -0.1) is 0 Å². The molecule has 0 spiro atoms. The average Bonchev–Trinajstić information content (AvgIpc) is 1.61. The Bertz CT molecular complexity index is 105. The van der Waals surface area contributed by atoms with Gasteiger partial charge >= 0.3 is 0 Å². The summed E-state index contributed by atoms with van der Waals surface area (Å²) in [5, 5.41) is 8.35. The van der Waals surface area contributed by atoms with E-state index in [1.165, 1.54) is 6.92 Å². The van der Waals surface area contributed by atoms with E-state index in [1.807, 2.05) is 0 Å². The Morgan fingerprint density at radius 1 is 1.86 bits per heavy atom. The van der Waals surface area contributed by atoms with E-state index in [1.54, 1.807) is 0 Å². The van der Waals surface area contributed by atoms with Crippen LogP contribution >= 0.6 is 0 Å². The van der Waals surface area contributed by atoms with Crippen molar-refractivity contribution in [2.45, 2.75) is 13.0 Å². The summed E-state index contributed by atoms with van der Waals surface area (Å²) in [4.78, 5) is 9.42. The second kappa shape index (κ2) is 3.38. The van der Waals surface area contributed by atoms with Gasteiger partial charge in [-0.25, -0.2) is 0 Å². The highest BCUT2D eigenvalue weighted by Crippen LogP contribution is 1.68. The van der Waals surface area contributed by atoms with E-state index in [2.05, 4.69) is 11.8 Å². The fourth-order valence-electron chi connectivity index (χ4n) is 0.155. The molecule has 1 N–H and O–H groups in total. The smallest absolute Gasteiger partial charge is 0.192 e. The van der Waals surface area contributed by atoms with Crippen LogP contribution in [0.5, 0.6) is 0 Å². The van der Waals surface area contributed by atoms with Gasteiger partial charge < -0.3 is 5.11 Å². The van der Waals surface area contributed by atoms with Gasteiger partial charge in [-0.3, -0.25) is 4.79 Å². The van der Waals surface area contributed by atoms with Crippen LogP contribution in [0.4, 0.5) is 0 Å². The molecule has 38 valence electrons. The average molecular weight is 98.1 g/mol. The molecule has 0 bridgehead atoms. The van der Waals surface area contributed by atoms with Gasteiger partial charge in [-0.1, -0.05) is 5.92 Å². The Labute approximate surface area is 42.2 Å². The van der Waals surface area contributed by atoms with Crippen molar-refractivity contribution in [3.05, 3.63) is 0 Å². The van der Waals surface area contributed by atoms with Crippen molar-refractivity contribution in [1.29, 1.82) is 0 Å². The summed E-state index contributed by atoms with van der Waals surface area (Å²) in [5.74, 6) is 4.30. The summed E-state index contributed by atoms with van der Waals surface area (Å²) in [5.41, 5.74) is 0. The zero-order valence-electron chi connectivity index (χ0n) is 4.01. The van der Waals surface area contributed by atoms with Crippen molar-refractivity contribution in [2.24, 2.45) is 0 Å². The minimum Gasteiger partial charge on any atom is -0.381 e. The van der Waals surface area contributed by atoms with E-state index in [4.69, 9.17) is 5.11 Å². The fourth-order valence-corrected chi connectivity index (χ4v) is 0.155. The van der Waals surface area contributed by atoms with E-state index in [0.29, 0.717) is 6.29 Å². The van der Waals surface area contributed by atoms with E-state index in [9.17, 15) is 4.79 Å². The third-order valence-electron chi connectivity index (χ3n) is 0.351. The monoisotopic (exact) mass is 98.0 g/mol. The first kappa shape index (κ1) is 6.19. The van der Waals surface area contributed by atoms with Crippen LogP contribution in [0.2, 0.25) is 0 Å². The predicted octanol–water partition coefficient (Wildman–Crippen LogP) is -0.431. The van der Waals surface area contributed by atoms with Crippen molar-refractivity contribution in [1.82, 2.24) is 0 Å². The van der Waals surface area contributed by atoms with Crippen molar-refractivity contribution < 1.29 is 9.90 Å². The maximum Gasteiger partial charge on any atom is 0.192 e. The normalized spacial score (nSPS) is 11.1. The van der Waals surface area contributed by atoms with Gasteiger partial charge in [0.25, 0.3) is 0 Å². The lowest BCUT2D eigenvalue weighted by molar-refractivity contribution is -0.103. The highest BCUT2D eigenvalue weighted by atomic mass is 16.3. The van der Waals surface area contributed by atoms with Crippen LogP contribution in [0.15, 0.2) is 0 Å². The number of carbonyl (C=O) groups is 1. The number of rotatable bonds is 0. The van der Waals surface area contributed by atoms with Crippen LogP contribution < -0.4 is 0 Å². The summed E-state index contributed by atoms with van der Waals surface area (Å²) < 4.78 is 0. The number of carbonyl (C=O) groups excluding carboxylic acids is 1. The minimum absolute atomic E-state index is 0.451. The first-order valence-corrected chi connectivity index (χ1v) is 1.90. The molecular weight excluding hydrogens is 92.1 g/mol. The SMILES string of the molecule is C[C@@H](O)C#CC=O. The zero-order chi connectivity index (χ0) is 5.70. The molecule has 0 fully saturated rings. The second-order valence-electron chi connectivity index (χ2n) is 1.08. The van der Waals surface area contributed by atoms with E-state index >= 15 is 0 Å². The Balaban J connectivity index is 3.43. The summed E-state index contributed by atoms with van der Waals surface area (Å²) >= 11 is 0. The molecule has 0 aliphatic rings. The van der Waals surface area contributed by atoms with Crippen LogP contribution in [0.25, 0.3) is 0 Å². The van der Waals surface area contributed by atoms with Crippen molar-refractivity contribution in [3.63, 3.8) is 0 Å². The summed E-state index contributed by atoms with van der Waals surface area (Å²) in [7, 11) is 0. The maximum absolute atomic E-state index is 9.42. The summed E-state index contributed by atoms with van der Waals surface area (Å²) in [6, 6.07) is 0. The number of aliphatic hydroxyl groups excluding tert-OH is 1. The minimum atomic E-state index is -0.690. The number of hydrogen-bond donors (Lipinski definition) is 1. The van der Waals surface area contributed by atoms with Crippen LogP contribution in [0, 0.1) is 11.8 Å². The molecule has 2 nitrogen and oxygen atoms in total. The lowest BCUT2D eigenvalue weighted by Gasteiger charge is -1.82. The molecular formula is C5H6O2. The van der Waals surface area contributed by atoms with Crippen LogP contribution in [0.1, 0.15) is 6.92 Å². The fraction of sp³-hybridized carbons (Fsp3) is 0.400. The van der Waals surface area contributed by atoms with Gasteiger partial charge in [0.05, 0.1) is 0 Å². The van der Waals surface area contributed by atoms with Gasteiger partial charge in [-0.05, 0) is 12.8 Å². The van der Waals surface area contributed by atoms with Crippen molar-refractivity contribution in [3.8, 4) is 11.8 Å². The third kappa shape index (κ3) is 5.19. The Hall–Kier alpha value is -0.810. The van der Waals surface area contributed by atoms with Gasteiger partial charge in [0.1, 0.15) is 6.10 Å². The third-order valence-corrected chi connectivity index (χ3v) is 0.351. The Morgan fingerprint density at radius 2 is 2.43 bits per heavy atom. The van der Waals surface area contributed by atoms with Crippen LogP contribution in [-0.4, -0.2) is 17.5 Å². The van der Waals surface area contributed by atoms with Gasteiger partial charge in [0, 0.05) is 0 Å². The van der Waals surface area contributed by atoms with Gasteiger partial charge in [0.15, 0.2) is 6.29 Å². The van der Waals surface area contributed by atoms with E-state index in [-0.39, 0.29) is 0 Å². The lowest BCUT2D eigenvalue weighted by Crippen LogP contribution is -1.92. The van der Waals surface area contributed by atoms with Crippen molar-refractivity contribution >= 4 is 6.29 Å². The largest absolute Gasteiger partial charge is 0.381 e. The molecule has 0 saturated carbocycles. The van der Waals surface area contributed by atoms with E-state index in [0.717, 1.165) is 0 Å². The standard InChI is InChI=1S/C5H6O2/c1-5(7)3-2-4-6/h4-5,7H,1H3/t5-/m1/s1. The van der Waals surface area contributed by atoms with Crippen LogP contribution in [0.3, 0.4) is 0 Å². The van der Waals surface area contributed by atoms with Crippen molar-refractivity contribution in [2.75, 3.05) is 0 Å². The summed E-state index contributed by atoms with van der Waals surface area (Å²) in [6.45, 7) is 1.50. The first-order chi connectivity index (χ1) is 3.27. The maximum atomic E-state index is 9.42. The molecule has 1 atom stereocenters. The van der Waals surface area contributed by atoms with Gasteiger partial charge in [0.2, 0.25) is 0 Å². The molecule has 0 aromatic rings. The summed E-state index contributed by atoms with van der Waals surface area (Å²) in [6.07, 6.45) is -0.239. The Morgan fingerprint density at radius 3 is 2.57 bits per heavy atom. The topological polar surface area (TPSA) is 37.3 Å². The molecule has 0 rings (SSSR count). The molecule has 2 heteroatoms. The molecule has 0 heterocycles. The molecule has 0 aliphatic carbocycles. The molecule has 7 heavy (non-hydrogen) atoms. The highest BCUT2D eigenvalue weighted by molar-refractivity contribution is 5.72. The molecule has 0 aromatic carbocycles. The molecule has 0 aliphatic heterocycles. The quantitative estimate of drug-likeness (QED) is 0.329. The number of aldehydes is 1. The van der Waals surface area contributed by atoms with E-state index < -0.39 is 6.10 Å². The first-order valence-electron chi connectivity index (χ1n) is 1.90. The molecule has 0 unspecified atom stereocenters. The van der Waals surface area contributed by atoms with Crippen LogP contribution in [-0.2, 0) is 4.79 Å². The highest BCUT2D eigenvalue weighted by Gasteiger charge is 1.78. The molecule has 0 aromatic heterocycles. The molecule has 0 amide bonds. The molecule has 0 radical (unpaired) electrons. The number of aliphatic hydroxyl groups is 1.